The van der Waals surface area contributed by atoms with Crippen LogP contribution in [0, 0.1) is 11.7 Å². The van der Waals surface area contributed by atoms with Gasteiger partial charge in [0.15, 0.2) is 0 Å². The first-order chi connectivity index (χ1) is 8.04. The lowest BCUT2D eigenvalue weighted by atomic mass is 9.84. The van der Waals surface area contributed by atoms with E-state index in [1.165, 1.54) is 6.07 Å². The Balaban J connectivity index is 1.85. The molecule has 17 heavy (non-hydrogen) atoms. The van der Waals surface area contributed by atoms with Crippen molar-refractivity contribution in [3.63, 3.8) is 0 Å². The van der Waals surface area contributed by atoms with Crippen LogP contribution in [0.5, 0.6) is 0 Å². The minimum atomic E-state index is -0.208. The zero-order valence-electron chi connectivity index (χ0n) is 9.80. The van der Waals surface area contributed by atoms with Crippen LogP contribution < -0.4 is 0 Å². The van der Waals surface area contributed by atoms with Crippen molar-refractivity contribution in [2.24, 2.45) is 5.92 Å². The van der Waals surface area contributed by atoms with E-state index in [2.05, 4.69) is 27.9 Å². The zero-order chi connectivity index (χ0) is 12.4. The number of rotatable bonds is 4. The molecule has 0 unspecified atom stereocenters. The van der Waals surface area contributed by atoms with E-state index >= 15 is 0 Å². The molecule has 0 atom stereocenters. The summed E-state index contributed by atoms with van der Waals surface area (Å²) < 4.78 is 13.6. The molecular weight excluding hydrogens is 305 g/mol. The average Bonchev–Trinajstić information content (AvgIpc) is 2.21. The Bertz CT molecular complexity index is 393. The summed E-state index contributed by atoms with van der Waals surface area (Å²) in [6.45, 7) is 1.92. The fraction of sp³-hybridized carbons (Fsp3) is 0.538. The monoisotopic (exact) mass is 319 g/mol. The van der Waals surface area contributed by atoms with E-state index in [-0.39, 0.29) is 5.82 Å². The molecule has 1 aliphatic rings. The third kappa shape index (κ3) is 3.67. The van der Waals surface area contributed by atoms with Crippen molar-refractivity contribution >= 4 is 27.5 Å². The first kappa shape index (κ1) is 13.3. The summed E-state index contributed by atoms with van der Waals surface area (Å²) >= 11 is 9.17. The Hall–Kier alpha value is -0.120. The van der Waals surface area contributed by atoms with Gasteiger partial charge in [0.1, 0.15) is 5.82 Å². The van der Waals surface area contributed by atoms with Crippen LogP contribution in [0.25, 0.3) is 0 Å². The largest absolute Gasteiger partial charge is 0.302 e. The molecule has 0 N–H and O–H groups in total. The van der Waals surface area contributed by atoms with Crippen LogP contribution in [-0.4, -0.2) is 23.9 Å². The van der Waals surface area contributed by atoms with Gasteiger partial charge in [-0.2, -0.15) is 0 Å². The lowest BCUT2D eigenvalue weighted by Gasteiger charge is -2.34. The van der Waals surface area contributed by atoms with Crippen molar-refractivity contribution in [1.29, 1.82) is 0 Å². The van der Waals surface area contributed by atoms with Gasteiger partial charge in [-0.1, -0.05) is 6.07 Å². The molecule has 2 rings (SSSR count). The second-order valence-corrected chi connectivity index (χ2v) is 6.35. The molecule has 1 fully saturated rings. The van der Waals surface area contributed by atoms with Gasteiger partial charge in [0.05, 0.1) is 4.47 Å². The summed E-state index contributed by atoms with van der Waals surface area (Å²) in [6.07, 6.45) is 2.25. The van der Waals surface area contributed by atoms with Gasteiger partial charge in [0, 0.05) is 18.5 Å². The summed E-state index contributed by atoms with van der Waals surface area (Å²) in [5.74, 6) is 0.520. The number of nitrogens with zero attached hydrogens (tertiary/aromatic N) is 1. The first-order valence-corrected chi connectivity index (χ1v) is 7.04. The van der Waals surface area contributed by atoms with Gasteiger partial charge in [-0.3, -0.25) is 0 Å². The quantitative estimate of drug-likeness (QED) is 0.757. The maximum atomic E-state index is 13.1. The molecule has 0 heterocycles. The molecule has 0 aliphatic heterocycles. The average molecular weight is 321 g/mol. The third-order valence-corrected chi connectivity index (χ3v) is 4.15. The summed E-state index contributed by atoms with van der Waals surface area (Å²) in [4.78, 5) is 2.27. The summed E-state index contributed by atoms with van der Waals surface area (Å²) in [5, 5.41) is 0.383. The fourth-order valence-corrected chi connectivity index (χ4v) is 3.19. The topological polar surface area (TPSA) is 3.24 Å². The SMILES string of the molecule is CN(Cc1ccc(F)c(Br)c1)CC1CC(Cl)C1. The highest BCUT2D eigenvalue weighted by Crippen LogP contribution is 2.32. The van der Waals surface area contributed by atoms with Crippen LogP contribution in [0.4, 0.5) is 4.39 Å². The maximum absolute atomic E-state index is 13.1. The molecule has 0 amide bonds. The third-order valence-electron chi connectivity index (χ3n) is 3.18. The van der Waals surface area contributed by atoms with E-state index < -0.39 is 0 Å². The standard InChI is InChI=1S/C13H16BrClFN/c1-17(8-10-4-11(15)5-10)7-9-2-3-13(16)12(14)6-9/h2-3,6,10-11H,4-5,7-8H2,1H3. The van der Waals surface area contributed by atoms with Crippen LogP contribution in [-0.2, 0) is 6.54 Å². The highest BCUT2D eigenvalue weighted by Gasteiger charge is 2.27. The predicted molar refractivity (Wildman–Crippen MR) is 72.8 cm³/mol. The van der Waals surface area contributed by atoms with Gasteiger partial charge in [-0.25, -0.2) is 4.39 Å². The van der Waals surface area contributed by atoms with Gasteiger partial charge in [0.25, 0.3) is 0 Å². The highest BCUT2D eigenvalue weighted by molar-refractivity contribution is 9.10. The van der Waals surface area contributed by atoms with E-state index in [0.29, 0.717) is 9.85 Å². The van der Waals surface area contributed by atoms with Gasteiger partial charge in [-0.15, -0.1) is 11.6 Å². The summed E-state index contributed by atoms with van der Waals surface area (Å²) in [5.41, 5.74) is 1.13. The second kappa shape index (κ2) is 5.68. The predicted octanol–water partition coefficient (Wildman–Crippen LogP) is 4.04. The fourth-order valence-electron chi connectivity index (χ4n) is 2.26. The van der Waals surface area contributed by atoms with Gasteiger partial charge < -0.3 is 4.90 Å². The minimum Gasteiger partial charge on any atom is -0.302 e. The molecule has 0 bridgehead atoms. The number of hydrogen-bond donors (Lipinski definition) is 0. The van der Waals surface area contributed by atoms with Gasteiger partial charge in [0.2, 0.25) is 0 Å². The highest BCUT2D eigenvalue weighted by atomic mass is 79.9. The van der Waals surface area contributed by atoms with Crippen molar-refractivity contribution < 1.29 is 4.39 Å². The Morgan fingerprint density at radius 3 is 2.76 bits per heavy atom. The summed E-state index contributed by atoms with van der Waals surface area (Å²) in [6, 6.07) is 5.18. The normalized spacial score (nSPS) is 23.8. The van der Waals surface area contributed by atoms with Crippen molar-refractivity contribution in [3.8, 4) is 0 Å². The second-order valence-electron chi connectivity index (χ2n) is 4.88. The number of halogens is 3. The molecule has 1 aromatic carbocycles. The molecule has 1 aliphatic carbocycles. The van der Waals surface area contributed by atoms with E-state index in [1.54, 1.807) is 0 Å². The van der Waals surface area contributed by atoms with E-state index in [9.17, 15) is 4.39 Å². The molecule has 1 aromatic rings. The Labute approximate surface area is 115 Å². The van der Waals surface area contributed by atoms with Crippen molar-refractivity contribution in [3.05, 3.63) is 34.1 Å². The Morgan fingerprint density at radius 2 is 2.18 bits per heavy atom. The molecule has 0 aromatic heterocycles. The number of hydrogen-bond acceptors (Lipinski definition) is 1. The molecule has 0 spiro atoms. The lowest BCUT2D eigenvalue weighted by molar-refractivity contribution is 0.204. The van der Waals surface area contributed by atoms with Crippen LogP contribution in [0.15, 0.2) is 22.7 Å². The van der Waals surface area contributed by atoms with E-state index in [1.807, 2.05) is 12.1 Å². The molecule has 0 saturated heterocycles. The Kier molecular flexibility index (Phi) is 4.45. The molecule has 1 nitrogen and oxygen atoms in total. The minimum absolute atomic E-state index is 0.208. The maximum Gasteiger partial charge on any atom is 0.137 e. The molecule has 0 radical (unpaired) electrons. The summed E-state index contributed by atoms with van der Waals surface area (Å²) in [7, 11) is 2.10. The zero-order valence-corrected chi connectivity index (χ0v) is 12.1. The molecule has 4 heteroatoms. The van der Waals surface area contributed by atoms with Crippen LogP contribution in [0.1, 0.15) is 18.4 Å². The van der Waals surface area contributed by atoms with Gasteiger partial charge in [-0.05, 0) is 59.4 Å². The van der Waals surface area contributed by atoms with Crippen LogP contribution >= 0.6 is 27.5 Å². The smallest absolute Gasteiger partial charge is 0.137 e. The molecule has 1 saturated carbocycles. The van der Waals surface area contributed by atoms with Crippen molar-refractivity contribution in [2.45, 2.75) is 24.8 Å². The number of benzene rings is 1. The number of alkyl halides is 1. The van der Waals surface area contributed by atoms with Crippen LogP contribution in [0.2, 0.25) is 0 Å². The van der Waals surface area contributed by atoms with Crippen molar-refractivity contribution in [1.82, 2.24) is 4.90 Å². The first-order valence-electron chi connectivity index (χ1n) is 5.81. The van der Waals surface area contributed by atoms with Crippen LogP contribution in [0.3, 0.4) is 0 Å². The lowest BCUT2D eigenvalue weighted by Crippen LogP contribution is -2.34. The molecular formula is C13H16BrClFN. The molecule has 94 valence electrons. The van der Waals surface area contributed by atoms with Gasteiger partial charge >= 0.3 is 0 Å². The Morgan fingerprint density at radius 1 is 1.47 bits per heavy atom. The van der Waals surface area contributed by atoms with E-state index in [4.69, 9.17) is 11.6 Å². The van der Waals surface area contributed by atoms with E-state index in [0.717, 1.165) is 37.4 Å². The van der Waals surface area contributed by atoms with Crippen molar-refractivity contribution in [2.75, 3.05) is 13.6 Å².